The summed E-state index contributed by atoms with van der Waals surface area (Å²) in [5.41, 5.74) is 3.18. The average molecular weight is 385 g/mol. The second-order valence-corrected chi connectivity index (χ2v) is 6.08. The van der Waals surface area contributed by atoms with E-state index in [9.17, 15) is 9.59 Å². The minimum absolute atomic E-state index is 0.257. The largest absolute Gasteiger partial charge is 0.452 e. The van der Waals surface area contributed by atoms with Crippen LogP contribution in [0.1, 0.15) is 21.6 Å². The molecule has 0 saturated heterocycles. The quantitative estimate of drug-likeness (QED) is 0.694. The van der Waals surface area contributed by atoms with Gasteiger partial charge in [-0.25, -0.2) is 9.78 Å². The van der Waals surface area contributed by atoms with Gasteiger partial charge in [0.05, 0.1) is 7.11 Å². The number of nitrogens with one attached hydrogen (secondary N) is 1. The van der Waals surface area contributed by atoms with Gasteiger partial charge in [0.1, 0.15) is 5.69 Å². The van der Waals surface area contributed by atoms with Gasteiger partial charge in [-0.2, -0.15) is 0 Å². The molecule has 2 aromatic carbocycles. The summed E-state index contributed by atoms with van der Waals surface area (Å²) in [5.74, 6) is 5.77. The Morgan fingerprint density at radius 2 is 1.79 bits per heavy atom. The lowest BCUT2D eigenvalue weighted by Crippen LogP contribution is -2.25. The van der Waals surface area contributed by atoms with Gasteiger partial charge in [-0.3, -0.25) is 9.69 Å². The number of hydrogen-bond donors (Lipinski definition) is 1. The first-order chi connectivity index (χ1) is 14.1. The Kier molecular flexibility index (Phi) is 6.23. The molecular weight excluding hydrogens is 366 g/mol. The molecule has 29 heavy (non-hydrogen) atoms. The number of amides is 2. The molecule has 0 unspecified atom stereocenters. The van der Waals surface area contributed by atoms with Crippen LogP contribution in [0.2, 0.25) is 0 Å². The molecule has 0 atom stereocenters. The molecule has 1 N–H and O–H groups in total. The van der Waals surface area contributed by atoms with Gasteiger partial charge < -0.3 is 10.1 Å². The number of methoxy groups -OCH3 is 1. The molecule has 0 aliphatic carbocycles. The summed E-state index contributed by atoms with van der Waals surface area (Å²) in [7, 11) is 2.91. The van der Waals surface area contributed by atoms with Crippen LogP contribution in [-0.2, 0) is 4.74 Å². The Bertz CT molecular complexity index is 1070. The maximum atomic E-state index is 12.5. The summed E-state index contributed by atoms with van der Waals surface area (Å²) in [6.45, 7) is 0. The lowest BCUT2D eigenvalue weighted by molar-refractivity contribution is 0.102. The molecule has 0 fully saturated rings. The van der Waals surface area contributed by atoms with Gasteiger partial charge in [-0.05, 0) is 60.5 Å². The molecule has 6 nitrogen and oxygen atoms in total. The van der Waals surface area contributed by atoms with E-state index < -0.39 is 6.09 Å². The number of carbonyl (C=O) groups is 2. The van der Waals surface area contributed by atoms with Crippen LogP contribution in [0.5, 0.6) is 0 Å². The van der Waals surface area contributed by atoms with E-state index in [1.807, 2.05) is 30.3 Å². The maximum Gasteiger partial charge on any atom is 0.413 e. The van der Waals surface area contributed by atoms with Crippen molar-refractivity contribution in [1.29, 1.82) is 0 Å². The zero-order valence-electron chi connectivity index (χ0n) is 16.0. The van der Waals surface area contributed by atoms with Crippen LogP contribution in [0.4, 0.5) is 16.2 Å². The van der Waals surface area contributed by atoms with E-state index in [-0.39, 0.29) is 5.91 Å². The SMILES string of the molecule is COC(=O)N(C)c1ccc(C(=O)Nc2cccc(C#Cc3ccccn3)c2)cc1. The van der Waals surface area contributed by atoms with Gasteiger partial charge in [-0.1, -0.05) is 18.1 Å². The van der Waals surface area contributed by atoms with Crippen molar-refractivity contribution in [2.75, 3.05) is 24.4 Å². The van der Waals surface area contributed by atoms with E-state index in [1.165, 1.54) is 12.0 Å². The van der Waals surface area contributed by atoms with Gasteiger partial charge in [0.2, 0.25) is 0 Å². The molecule has 0 aliphatic heterocycles. The number of aromatic nitrogens is 1. The van der Waals surface area contributed by atoms with E-state index in [1.54, 1.807) is 49.6 Å². The van der Waals surface area contributed by atoms with E-state index >= 15 is 0 Å². The highest BCUT2D eigenvalue weighted by molar-refractivity contribution is 6.04. The van der Waals surface area contributed by atoms with Crippen LogP contribution in [0.15, 0.2) is 72.9 Å². The molecule has 0 aliphatic rings. The monoisotopic (exact) mass is 385 g/mol. The predicted octanol–water partition coefficient (Wildman–Crippen LogP) is 3.94. The van der Waals surface area contributed by atoms with Crippen LogP contribution in [-0.4, -0.2) is 31.1 Å². The Labute approximate surface area is 169 Å². The number of nitrogens with zero attached hydrogens (tertiary/aromatic N) is 2. The van der Waals surface area contributed by atoms with E-state index in [0.29, 0.717) is 22.6 Å². The third-order valence-corrected chi connectivity index (χ3v) is 4.09. The molecule has 2 amide bonds. The van der Waals surface area contributed by atoms with Crippen molar-refractivity contribution in [2.45, 2.75) is 0 Å². The fraction of sp³-hybridized carbons (Fsp3) is 0.0870. The fourth-order valence-electron chi connectivity index (χ4n) is 2.53. The number of anilines is 2. The number of rotatable bonds is 3. The van der Waals surface area contributed by atoms with Crippen LogP contribution in [0.3, 0.4) is 0 Å². The van der Waals surface area contributed by atoms with Crippen molar-refractivity contribution >= 4 is 23.4 Å². The zero-order valence-corrected chi connectivity index (χ0v) is 16.0. The lowest BCUT2D eigenvalue weighted by atomic mass is 10.1. The first kappa shape index (κ1) is 19.6. The maximum absolute atomic E-state index is 12.5. The molecule has 0 bridgehead atoms. The molecule has 0 saturated carbocycles. The van der Waals surface area contributed by atoms with Gasteiger partial charge in [0, 0.05) is 35.7 Å². The van der Waals surface area contributed by atoms with Crippen molar-refractivity contribution in [2.24, 2.45) is 0 Å². The van der Waals surface area contributed by atoms with Crippen molar-refractivity contribution in [3.05, 3.63) is 89.7 Å². The summed E-state index contributed by atoms with van der Waals surface area (Å²) in [4.78, 5) is 29.6. The van der Waals surface area contributed by atoms with E-state index in [2.05, 4.69) is 26.9 Å². The second kappa shape index (κ2) is 9.20. The average Bonchev–Trinajstić information content (AvgIpc) is 2.77. The van der Waals surface area contributed by atoms with Gasteiger partial charge in [0.15, 0.2) is 0 Å². The minimum atomic E-state index is -0.481. The Hall–Kier alpha value is -4.11. The highest BCUT2D eigenvalue weighted by Crippen LogP contribution is 2.16. The molecular formula is C23H19N3O3. The summed E-state index contributed by atoms with van der Waals surface area (Å²) in [6.07, 6.45) is 1.21. The predicted molar refractivity (Wildman–Crippen MR) is 112 cm³/mol. The number of hydrogen-bond acceptors (Lipinski definition) is 4. The fourth-order valence-corrected chi connectivity index (χ4v) is 2.53. The molecule has 3 rings (SSSR count). The minimum Gasteiger partial charge on any atom is -0.452 e. The molecule has 144 valence electrons. The highest BCUT2D eigenvalue weighted by Gasteiger charge is 2.12. The van der Waals surface area contributed by atoms with Gasteiger partial charge in [-0.15, -0.1) is 0 Å². The first-order valence-electron chi connectivity index (χ1n) is 8.83. The van der Waals surface area contributed by atoms with Crippen molar-refractivity contribution < 1.29 is 14.3 Å². The third-order valence-electron chi connectivity index (χ3n) is 4.09. The topological polar surface area (TPSA) is 71.5 Å². The Balaban J connectivity index is 1.69. The Morgan fingerprint density at radius 3 is 2.48 bits per heavy atom. The number of carbonyl (C=O) groups excluding carboxylic acids is 2. The first-order valence-corrected chi connectivity index (χ1v) is 8.83. The van der Waals surface area contributed by atoms with E-state index in [0.717, 1.165) is 5.56 Å². The van der Waals surface area contributed by atoms with Crippen molar-refractivity contribution in [3.8, 4) is 11.8 Å². The molecule has 3 aromatic rings. The number of pyridine rings is 1. The molecule has 1 heterocycles. The van der Waals surface area contributed by atoms with Crippen LogP contribution in [0, 0.1) is 11.8 Å². The van der Waals surface area contributed by atoms with Gasteiger partial charge in [0.25, 0.3) is 5.91 Å². The van der Waals surface area contributed by atoms with Crippen LogP contribution in [0.25, 0.3) is 0 Å². The van der Waals surface area contributed by atoms with Crippen LogP contribution >= 0.6 is 0 Å². The summed E-state index contributed by atoms with van der Waals surface area (Å²) in [5, 5.41) is 2.85. The number of benzene rings is 2. The zero-order chi connectivity index (χ0) is 20.6. The standard InChI is InChI=1S/C23H19N3O3/c1-26(23(28)29-2)21-13-10-18(11-14-21)22(27)25-20-8-5-6-17(16-20)9-12-19-7-3-4-15-24-19/h3-8,10-11,13-16H,1-2H3,(H,25,27). The highest BCUT2D eigenvalue weighted by atomic mass is 16.5. The normalized spacial score (nSPS) is 9.72. The second-order valence-electron chi connectivity index (χ2n) is 6.08. The summed E-state index contributed by atoms with van der Waals surface area (Å²) in [6, 6.07) is 19.5. The molecule has 0 radical (unpaired) electrons. The lowest BCUT2D eigenvalue weighted by Gasteiger charge is -2.15. The molecule has 6 heteroatoms. The van der Waals surface area contributed by atoms with Gasteiger partial charge >= 0.3 is 6.09 Å². The molecule has 0 spiro atoms. The van der Waals surface area contributed by atoms with Crippen molar-refractivity contribution in [1.82, 2.24) is 4.98 Å². The van der Waals surface area contributed by atoms with Crippen molar-refractivity contribution in [3.63, 3.8) is 0 Å². The van der Waals surface area contributed by atoms with E-state index in [4.69, 9.17) is 0 Å². The smallest absolute Gasteiger partial charge is 0.413 e. The third kappa shape index (κ3) is 5.21. The molecule has 1 aromatic heterocycles. The summed E-state index contributed by atoms with van der Waals surface area (Å²) < 4.78 is 4.68. The summed E-state index contributed by atoms with van der Waals surface area (Å²) >= 11 is 0. The Morgan fingerprint density at radius 1 is 1.00 bits per heavy atom. The van der Waals surface area contributed by atoms with Crippen LogP contribution < -0.4 is 10.2 Å². The number of ether oxygens (including phenoxy) is 1.